The van der Waals surface area contributed by atoms with Gasteiger partial charge in [0.25, 0.3) is 5.91 Å². The van der Waals surface area contributed by atoms with E-state index in [1.54, 1.807) is 24.3 Å². The molecule has 0 bridgehead atoms. The number of rotatable bonds is 7. The topological polar surface area (TPSA) is 78.4 Å². The fourth-order valence-electron chi connectivity index (χ4n) is 2.02. The number of hydrogen-bond donors (Lipinski definition) is 3. The summed E-state index contributed by atoms with van der Waals surface area (Å²) in [7, 11) is 0. The number of benzene rings is 1. The van der Waals surface area contributed by atoms with E-state index in [0.29, 0.717) is 24.2 Å². The van der Waals surface area contributed by atoms with Crippen LogP contribution in [0, 0.1) is 11.8 Å². The lowest BCUT2D eigenvalue weighted by Crippen LogP contribution is -2.28. The Kier molecular flexibility index (Phi) is 5.33. The van der Waals surface area contributed by atoms with Crippen LogP contribution in [0.15, 0.2) is 24.3 Å². The van der Waals surface area contributed by atoms with Gasteiger partial charge in [0.05, 0.1) is 0 Å². The smallest absolute Gasteiger partial charge is 0.251 e. The van der Waals surface area contributed by atoms with Gasteiger partial charge in [0.15, 0.2) is 0 Å². The molecule has 5 heteroatoms. The first kappa shape index (κ1) is 15.5. The normalized spacial score (nSPS) is 15.3. The van der Waals surface area contributed by atoms with Crippen molar-refractivity contribution in [3.8, 4) is 0 Å². The predicted molar refractivity (Wildman–Crippen MR) is 81.0 cm³/mol. The Hall–Kier alpha value is -1.88. The highest BCUT2D eigenvalue weighted by molar-refractivity contribution is 5.98. The molecular weight excluding hydrogens is 268 g/mol. The quantitative estimate of drug-likeness (QED) is 0.716. The number of carbonyl (C=O) groups excluding carboxylic acids is 2. The van der Waals surface area contributed by atoms with Crippen molar-refractivity contribution < 1.29 is 14.7 Å². The fraction of sp³-hybridized carbons (Fsp3) is 0.500. The number of anilines is 1. The van der Waals surface area contributed by atoms with Gasteiger partial charge in [-0.25, -0.2) is 0 Å². The second-order valence-electron chi connectivity index (χ2n) is 5.67. The maximum Gasteiger partial charge on any atom is 0.251 e. The van der Waals surface area contributed by atoms with Crippen molar-refractivity contribution in [3.63, 3.8) is 0 Å². The molecule has 114 valence electrons. The number of carbonyl (C=O) groups is 2. The van der Waals surface area contributed by atoms with Gasteiger partial charge in [0, 0.05) is 30.3 Å². The minimum absolute atomic E-state index is 0.0316. The highest BCUT2D eigenvalue weighted by atomic mass is 16.3. The first-order chi connectivity index (χ1) is 10.1. The molecule has 0 spiro atoms. The third-order valence-electron chi connectivity index (χ3n) is 3.57. The number of aliphatic hydroxyl groups is 1. The van der Waals surface area contributed by atoms with E-state index < -0.39 is 0 Å². The maximum absolute atomic E-state index is 12.1. The van der Waals surface area contributed by atoms with Crippen molar-refractivity contribution in [3.05, 3.63) is 29.8 Å². The summed E-state index contributed by atoms with van der Waals surface area (Å²) in [6.07, 6.45) is 2.57. The molecule has 1 aromatic rings. The lowest BCUT2D eigenvalue weighted by Gasteiger charge is -2.12. The van der Waals surface area contributed by atoms with Crippen LogP contribution in [-0.2, 0) is 4.79 Å². The van der Waals surface area contributed by atoms with Crippen molar-refractivity contribution in [2.24, 2.45) is 11.8 Å². The molecule has 21 heavy (non-hydrogen) atoms. The van der Waals surface area contributed by atoms with Crippen molar-refractivity contribution in [2.75, 3.05) is 18.5 Å². The molecule has 1 atom stereocenters. The van der Waals surface area contributed by atoms with Gasteiger partial charge in [0.1, 0.15) is 0 Å². The van der Waals surface area contributed by atoms with E-state index >= 15 is 0 Å². The maximum atomic E-state index is 12.1. The van der Waals surface area contributed by atoms with Crippen molar-refractivity contribution in [1.29, 1.82) is 0 Å². The van der Waals surface area contributed by atoms with Crippen LogP contribution in [0.5, 0.6) is 0 Å². The Morgan fingerprint density at radius 3 is 2.81 bits per heavy atom. The van der Waals surface area contributed by atoms with Gasteiger partial charge in [0.2, 0.25) is 5.91 Å². The predicted octanol–water partition coefficient (Wildman–Crippen LogP) is 1.78. The van der Waals surface area contributed by atoms with E-state index in [1.807, 2.05) is 6.92 Å². The zero-order valence-electron chi connectivity index (χ0n) is 12.3. The molecule has 1 aliphatic rings. The molecule has 0 radical (unpaired) electrons. The summed E-state index contributed by atoms with van der Waals surface area (Å²) in [6, 6.07) is 6.95. The number of amides is 2. The lowest BCUT2D eigenvalue weighted by atomic mass is 10.1. The summed E-state index contributed by atoms with van der Waals surface area (Å²) in [5.74, 6) is 0.241. The summed E-state index contributed by atoms with van der Waals surface area (Å²) in [6.45, 7) is 2.63. The Labute approximate surface area is 124 Å². The standard InChI is InChI=1S/C16H22N2O3/c1-11(7-8-19)10-17-15(20)13-3-2-4-14(9-13)18-16(21)12-5-6-12/h2-4,9,11-12,19H,5-8,10H2,1H3,(H,17,20)(H,18,21). The van der Waals surface area contributed by atoms with Crippen LogP contribution in [0.3, 0.4) is 0 Å². The van der Waals surface area contributed by atoms with E-state index in [1.165, 1.54) is 0 Å². The molecule has 2 amide bonds. The summed E-state index contributed by atoms with van der Waals surface area (Å²) in [4.78, 5) is 23.8. The third kappa shape index (κ3) is 4.86. The first-order valence-electron chi connectivity index (χ1n) is 7.40. The average molecular weight is 290 g/mol. The molecule has 1 aromatic carbocycles. The van der Waals surface area contributed by atoms with Gasteiger partial charge in [-0.05, 0) is 43.4 Å². The zero-order chi connectivity index (χ0) is 15.2. The largest absolute Gasteiger partial charge is 0.396 e. The second kappa shape index (κ2) is 7.22. The molecule has 1 saturated carbocycles. The Balaban J connectivity index is 1.89. The van der Waals surface area contributed by atoms with Crippen LogP contribution in [0.2, 0.25) is 0 Å². The molecule has 0 saturated heterocycles. The highest BCUT2D eigenvalue weighted by Crippen LogP contribution is 2.30. The number of nitrogens with one attached hydrogen (secondary N) is 2. The number of hydrogen-bond acceptors (Lipinski definition) is 3. The lowest BCUT2D eigenvalue weighted by molar-refractivity contribution is -0.117. The summed E-state index contributed by atoms with van der Waals surface area (Å²) in [5, 5.41) is 14.5. The van der Waals surface area contributed by atoms with E-state index in [4.69, 9.17) is 5.11 Å². The van der Waals surface area contributed by atoms with Crippen molar-refractivity contribution >= 4 is 17.5 Å². The van der Waals surface area contributed by atoms with Gasteiger partial charge in [-0.1, -0.05) is 13.0 Å². The van der Waals surface area contributed by atoms with Crippen LogP contribution >= 0.6 is 0 Å². The van der Waals surface area contributed by atoms with E-state index in [0.717, 1.165) is 12.8 Å². The van der Waals surface area contributed by atoms with Crippen LogP contribution in [-0.4, -0.2) is 30.1 Å². The van der Waals surface area contributed by atoms with Crippen LogP contribution in [0.1, 0.15) is 36.5 Å². The van der Waals surface area contributed by atoms with Crippen molar-refractivity contribution in [1.82, 2.24) is 5.32 Å². The second-order valence-corrected chi connectivity index (χ2v) is 5.67. The molecule has 5 nitrogen and oxygen atoms in total. The Morgan fingerprint density at radius 1 is 1.38 bits per heavy atom. The molecule has 1 fully saturated rings. The minimum atomic E-state index is -0.165. The van der Waals surface area contributed by atoms with Crippen LogP contribution < -0.4 is 10.6 Å². The van der Waals surface area contributed by atoms with Gasteiger partial charge in [-0.3, -0.25) is 9.59 Å². The molecular formula is C16H22N2O3. The molecule has 1 aliphatic carbocycles. The Morgan fingerprint density at radius 2 is 2.14 bits per heavy atom. The highest BCUT2D eigenvalue weighted by Gasteiger charge is 2.29. The van der Waals surface area contributed by atoms with Crippen molar-refractivity contribution in [2.45, 2.75) is 26.2 Å². The molecule has 3 N–H and O–H groups in total. The van der Waals surface area contributed by atoms with E-state index in [2.05, 4.69) is 10.6 Å². The van der Waals surface area contributed by atoms with Crippen LogP contribution in [0.25, 0.3) is 0 Å². The molecule has 0 aromatic heterocycles. The monoisotopic (exact) mass is 290 g/mol. The first-order valence-corrected chi connectivity index (χ1v) is 7.40. The molecule has 1 unspecified atom stereocenters. The van der Waals surface area contributed by atoms with E-state index in [-0.39, 0.29) is 30.3 Å². The molecule has 0 aliphatic heterocycles. The minimum Gasteiger partial charge on any atom is -0.396 e. The molecule has 0 heterocycles. The van der Waals surface area contributed by atoms with E-state index in [9.17, 15) is 9.59 Å². The third-order valence-corrected chi connectivity index (χ3v) is 3.57. The van der Waals surface area contributed by atoms with Gasteiger partial charge in [-0.15, -0.1) is 0 Å². The zero-order valence-corrected chi connectivity index (χ0v) is 12.3. The number of aliphatic hydroxyl groups excluding tert-OH is 1. The van der Waals surface area contributed by atoms with Gasteiger partial charge in [-0.2, -0.15) is 0 Å². The fourth-order valence-corrected chi connectivity index (χ4v) is 2.02. The van der Waals surface area contributed by atoms with Gasteiger partial charge >= 0.3 is 0 Å². The average Bonchev–Trinajstić information content (AvgIpc) is 3.30. The Bertz CT molecular complexity index is 512. The van der Waals surface area contributed by atoms with Crippen LogP contribution in [0.4, 0.5) is 5.69 Å². The van der Waals surface area contributed by atoms with Gasteiger partial charge < -0.3 is 15.7 Å². The summed E-state index contributed by atoms with van der Waals surface area (Å²) in [5.41, 5.74) is 1.18. The SMILES string of the molecule is CC(CCO)CNC(=O)c1cccc(NC(=O)C2CC2)c1. The molecule has 2 rings (SSSR count). The summed E-state index contributed by atoms with van der Waals surface area (Å²) >= 11 is 0. The summed E-state index contributed by atoms with van der Waals surface area (Å²) < 4.78 is 0.